The van der Waals surface area contributed by atoms with E-state index in [0.717, 1.165) is 17.3 Å². The molecule has 0 aliphatic rings. The highest BCUT2D eigenvalue weighted by atomic mass is 35.5. The van der Waals surface area contributed by atoms with Gasteiger partial charge in [-0.05, 0) is 35.9 Å². The lowest BCUT2D eigenvalue weighted by Gasteiger charge is -2.21. The zero-order chi connectivity index (χ0) is 17.1. The number of halogens is 2. The first-order valence-corrected chi connectivity index (χ1v) is 9.22. The monoisotopic (exact) mass is 407 g/mol. The molecule has 0 amide bonds. The molecule has 0 saturated carbocycles. The second-order valence-electron chi connectivity index (χ2n) is 7.10. The van der Waals surface area contributed by atoms with Gasteiger partial charge >= 0.3 is 0 Å². The SMILES string of the molecule is C[C@H](CNCC(C)(C)C)NS(=O)(=O)c1ccc2cnccc2c1.Cl.Cl. The summed E-state index contributed by atoms with van der Waals surface area (Å²) in [5.41, 5.74) is 0.172. The predicted molar refractivity (Wildman–Crippen MR) is 108 cm³/mol. The fourth-order valence-electron chi connectivity index (χ4n) is 2.27. The maximum absolute atomic E-state index is 12.5. The average Bonchev–Trinajstić information content (AvgIpc) is 2.44. The molecular formula is C17H27Cl2N3O2S. The van der Waals surface area contributed by atoms with Crippen molar-refractivity contribution < 1.29 is 8.42 Å². The van der Waals surface area contributed by atoms with Crippen LogP contribution in [0.15, 0.2) is 41.6 Å². The van der Waals surface area contributed by atoms with E-state index in [1.54, 1.807) is 30.6 Å². The molecule has 1 aromatic carbocycles. The van der Waals surface area contributed by atoms with Crippen molar-refractivity contribution >= 4 is 45.6 Å². The molecule has 1 heterocycles. The topological polar surface area (TPSA) is 71.1 Å². The van der Waals surface area contributed by atoms with E-state index in [4.69, 9.17) is 0 Å². The minimum atomic E-state index is -3.53. The van der Waals surface area contributed by atoms with Crippen molar-refractivity contribution in [1.82, 2.24) is 15.0 Å². The Bertz CT molecular complexity index is 777. The van der Waals surface area contributed by atoms with Gasteiger partial charge in [-0.2, -0.15) is 0 Å². The van der Waals surface area contributed by atoms with Gasteiger partial charge in [-0.1, -0.05) is 26.8 Å². The van der Waals surface area contributed by atoms with Gasteiger partial charge in [0, 0.05) is 36.9 Å². The fraction of sp³-hybridized carbons (Fsp3) is 0.471. The number of pyridine rings is 1. The molecule has 0 unspecified atom stereocenters. The molecule has 0 fully saturated rings. The fourth-order valence-corrected chi connectivity index (χ4v) is 3.55. The number of fused-ring (bicyclic) bond motifs is 1. The number of sulfonamides is 1. The van der Waals surface area contributed by atoms with E-state index in [1.165, 1.54) is 0 Å². The largest absolute Gasteiger partial charge is 0.315 e. The Labute approximate surface area is 162 Å². The summed E-state index contributed by atoms with van der Waals surface area (Å²) in [6.45, 7) is 9.70. The van der Waals surface area contributed by atoms with Gasteiger partial charge in [0.15, 0.2) is 0 Å². The van der Waals surface area contributed by atoms with Crippen LogP contribution in [0.5, 0.6) is 0 Å². The molecule has 0 bridgehead atoms. The summed E-state index contributed by atoms with van der Waals surface area (Å²) in [4.78, 5) is 4.31. The highest BCUT2D eigenvalue weighted by Crippen LogP contribution is 2.18. The van der Waals surface area contributed by atoms with Gasteiger partial charge < -0.3 is 5.32 Å². The summed E-state index contributed by atoms with van der Waals surface area (Å²) < 4.78 is 27.7. The van der Waals surface area contributed by atoms with E-state index < -0.39 is 10.0 Å². The van der Waals surface area contributed by atoms with Gasteiger partial charge in [-0.25, -0.2) is 13.1 Å². The van der Waals surface area contributed by atoms with Crippen molar-refractivity contribution in [3.8, 4) is 0 Å². The molecular weight excluding hydrogens is 381 g/mol. The number of nitrogens with zero attached hydrogens (tertiary/aromatic N) is 1. The Hall–Kier alpha value is -0.920. The van der Waals surface area contributed by atoms with Gasteiger partial charge in [-0.15, -0.1) is 24.8 Å². The van der Waals surface area contributed by atoms with Crippen LogP contribution in [0, 0.1) is 5.41 Å². The highest BCUT2D eigenvalue weighted by molar-refractivity contribution is 7.89. The predicted octanol–water partition coefficient (Wildman–Crippen LogP) is 3.38. The molecule has 0 saturated heterocycles. The molecule has 0 aliphatic heterocycles. The van der Waals surface area contributed by atoms with E-state index >= 15 is 0 Å². The smallest absolute Gasteiger partial charge is 0.240 e. The van der Waals surface area contributed by atoms with Crippen LogP contribution in [-0.2, 0) is 10.0 Å². The van der Waals surface area contributed by atoms with Crippen molar-refractivity contribution in [3.63, 3.8) is 0 Å². The summed E-state index contributed by atoms with van der Waals surface area (Å²) >= 11 is 0. The first kappa shape index (κ1) is 24.1. The quantitative estimate of drug-likeness (QED) is 0.769. The minimum absolute atomic E-state index is 0. The highest BCUT2D eigenvalue weighted by Gasteiger charge is 2.18. The van der Waals surface area contributed by atoms with Crippen LogP contribution in [-0.4, -0.2) is 32.5 Å². The molecule has 2 N–H and O–H groups in total. The Kier molecular flexibility index (Phi) is 9.33. The Balaban J connectivity index is 0.00000288. The Morgan fingerprint density at radius 1 is 1.12 bits per heavy atom. The second kappa shape index (κ2) is 9.69. The Morgan fingerprint density at radius 2 is 1.80 bits per heavy atom. The molecule has 8 heteroatoms. The lowest BCUT2D eigenvalue weighted by molar-refractivity contribution is 0.372. The molecule has 0 aliphatic carbocycles. The van der Waals surface area contributed by atoms with Crippen LogP contribution in [0.25, 0.3) is 10.8 Å². The third-order valence-corrected chi connectivity index (χ3v) is 4.97. The summed E-state index contributed by atoms with van der Waals surface area (Å²) in [5, 5.41) is 5.08. The average molecular weight is 408 g/mol. The van der Waals surface area contributed by atoms with Crippen molar-refractivity contribution in [3.05, 3.63) is 36.7 Å². The zero-order valence-electron chi connectivity index (χ0n) is 14.9. The van der Waals surface area contributed by atoms with Crippen LogP contribution >= 0.6 is 24.8 Å². The number of nitrogens with one attached hydrogen (secondary N) is 2. The maximum atomic E-state index is 12.5. The van der Waals surface area contributed by atoms with E-state index in [9.17, 15) is 8.42 Å². The van der Waals surface area contributed by atoms with Gasteiger partial charge in [0.1, 0.15) is 0 Å². The molecule has 142 valence electrons. The van der Waals surface area contributed by atoms with Crippen LogP contribution in [0.1, 0.15) is 27.7 Å². The van der Waals surface area contributed by atoms with Gasteiger partial charge in [0.05, 0.1) is 4.90 Å². The van der Waals surface area contributed by atoms with Crippen LogP contribution in [0.4, 0.5) is 0 Å². The second-order valence-corrected chi connectivity index (χ2v) is 8.81. The molecule has 5 nitrogen and oxygen atoms in total. The third kappa shape index (κ3) is 7.46. The number of hydrogen-bond acceptors (Lipinski definition) is 4. The molecule has 25 heavy (non-hydrogen) atoms. The molecule has 1 aromatic heterocycles. The molecule has 0 spiro atoms. The lowest BCUT2D eigenvalue weighted by atomic mass is 9.97. The van der Waals surface area contributed by atoms with E-state index in [1.807, 2.05) is 13.0 Å². The van der Waals surface area contributed by atoms with Crippen LogP contribution < -0.4 is 10.0 Å². The summed E-state index contributed by atoms with van der Waals surface area (Å²) in [5.74, 6) is 0. The molecule has 0 radical (unpaired) electrons. The molecule has 1 atom stereocenters. The first-order valence-electron chi connectivity index (χ1n) is 7.74. The minimum Gasteiger partial charge on any atom is -0.315 e. The molecule has 2 aromatic rings. The number of aromatic nitrogens is 1. The summed E-state index contributed by atoms with van der Waals surface area (Å²) in [6.07, 6.45) is 3.38. The zero-order valence-corrected chi connectivity index (χ0v) is 17.4. The standard InChI is InChI=1S/C17H25N3O2S.2ClH/c1-13(10-19-12-17(2,3)4)20-23(21,22)16-6-5-15-11-18-8-7-14(15)9-16;;/h5-9,11,13,19-20H,10,12H2,1-4H3;2*1H/t13-;;/m1../s1. The van der Waals surface area contributed by atoms with E-state index in [-0.39, 0.29) is 41.2 Å². The van der Waals surface area contributed by atoms with Crippen molar-refractivity contribution in [2.24, 2.45) is 5.41 Å². The van der Waals surface area contributed by atoms with Crippen LogP contribution in [0.3, 0.4) is 0 Å². The first-order chi connectivity index (χ1) is 10.7. The normalized spacial score (nSPS) is 13.0. The van der Waals surface area contributed by atoms with Gasteiger partial charge in [-0.3, -0.25) is 4.98 Å². The van der Waals surface area contributed by atoms with Gasteiger partial charge in [0.2, 0.25) is 10.0 Å². The maximum Gasteiger partial charge on any atom is 0.240 e. The van der Waals surface area contributed by atoms with E-state index in [2.05, 4.69) is 35.8 Å². The number of hydrogen-bond donors (Lipinski definition) is 2. The lowest BCUT2D eigenvalue weighted by Crippen LogP contribution is -2.41. The van der Waals surface area contributed by atoms with E-state index in [0.29, 0.717) is 6.54 Å². The third-order valence-electron chi connectivity index (χ3n) is 3.38. The van der Waals surface area contributed by atoms with Crippen molar-refractivity contribution in [1.29, 1.82) is 0 Å². The summed E-state index contributed by atoms with van der Waals surface area (Å²) in [7, 11) is -3.53. The van der Waals surface area contributed by atoms with Gasteiger partial charge in [0.25, 0.3) is 0 Å². The number of benzene rings is 1. The van der Waals surface area contributed by atoms with Crippen molar-refractivity contribution in [2.45, 2.75) is 38.6 Å². The summed E-state index contributed by atoms with van der Waals surface area (Å²) in [6, 6.07) is 6.69. The Morgan fingerprint density at radius 3 is 2.44 bits per heavy atom. The number of rotatable bonds is 6. The molecule has 2 rings (SSSR count). The van der Waals surface area contributed by atoms with Crippen LogP contribution in [0.2, 0.25) is 0 Å². The van der Waals surface area contributed by atoms with Crippen molar-refractivity contribution in [2.75, 3.05) is 13.1 Å².